The van der Waals surface area contributed by atoms with Gasteiger partial charge >= 0.3 is 0 Å². The zero-order chi connectivity index (χ0) is 17.5. The van der Waals surface area contributed by atoms with Crippen LogP contribution in [0.3, 0.4) is 0 Å². The first kappa shape index (κ1) is 17.5. The van der Waals surface area contributed by atoms with Crippen LogP contribution < -0.4 is 5.32 Å². The summed E-state index contributed by atoms with van der Waals surface area (Å²) >= 11 is 1.77. The summed E-state index contributed by atoms with van der Waals surface area (Å²) in [4.78, 5) is 24.5. The van der Waals surface area contributed by atoms with Crippen molar-refractivity contribution in [2.45, 2.75) is 25.3 Å². The zero-order valence-electron chi connectivity index (χ0n) is 14.2. The van der Waals surface area contributed by atoms with E-state index in [2.05, 4.69) is 26.5 Å². The lowest BCUT2D eigenvalue weighted by atomic mass is 10.1. The molecule has 1 amide bonds. The molecule has 1 aromatic carbocycles. The van der Waals surface area contributed by atoms with Gasteiger partial charge in [-0.1, -0.05) is 18.2 Å². The van der Waals surface area contributed by atoms with Gasteiger partial charge in [0, 0.05) is 18.8 Å². The minimum Gasteiger partial charge on any atom is -0.346 e. The molecule has 0 aliphatic carbocycles. The number of para-hydroxylation sites is 2. The van der Waals surface area contributed by atoms with Gasteiger partial charge in [-0.2, -0.15) is 11.8 Å². The minimum absolute atomic E-state index is 0.0374. The molecule has 0 saturated heterocycles. The summed E-state index contributed by atoms with van der Waals surface area (Å²) in [5.41, 5.74) is 2.99. The standard InChI is InChI=1S/C19H22N4OS/c1-25-12-10-17(19-22-15-6-2-3-7-16(15)23-19)21-18(24)9-8-14-5-4-11-20-13-14/h2-7,11,13,17H,8-10,12H2,1H3,(H,21,24)(H,22,23)/t17-/m0/s1. The van der Waals surface area contributed by atoms with Crippen molar-refractivity contribution < 1.29 is 4.79 Å². The number of carbonyl (C=O) groups excluding carboxylic acids is 1. The average Bonchev–Trinajstić information content (AvgIpc) is 3.08. The second-order valence-corrected chi connectivity index (χ2v) is 6.89. The summed E-state index contributed by atoms with van der Waals surface area (Å²) in [5.74, 6) is 1.82. The van der Waals surface area contributed by atoms with Crippen molar-refractivity contribution >= 4 is 28.7 Å². The number of amides is 1. The van der Waals surface area contributed by atoms with Crippen LogP contribution in [0.25, 0.3) is 11.0 Å². The highest BCUT2D eigenvalue weighted by Crippen LogP contribution is 2.20. The number of hydrogen-bond donors (Lipinski definition) is 2. The van der Waals surface area contributed by atoms with Crippen molar-refractivity contribution in [3.63, 3.8) is 0 Å². The number of H-pyrrole nitrogens is 1. The fourth-order valence-electron chi connectivity index (χ4n) is 2.72. The van der Waals surface area contributed by atoms with Gasteiger partial charge < -0.3 is 10.3 Å². The summed E-state index contributed by atoms with van der Waals surface area (Å²) in [7, 11) is 0. The molecule has 0 fully saturated rings. The summed E-state index contributed by atoms with van der Waals surface area (Å²) in [6.45, 7) is 0. The molecule has 0 aliphatic heterocycles. The van der Waals surface area contributed by atoms with Crippen molar-refractivity contribution in [1.82, 2.24) is 20.3 Å². The highest BCUT2D eigenvalue weighted by Gasteiger charge is 2.18. The molecular formula is C19H22N4OS. The molecule has 0 unspecified atom stereocenters. The molecule has 2 N–H and O–H groups in total. The smallest absolute Gasteiger partial charge is 0.220 e. The summed E-state index contributed by atoms with van der Waals surface area (Å²) < 4.78 is 0. The predicted molar refractivity (Wildman–Crippen MR) is 103 cm³/mol. The lowest BCUT2D eigenvalue weighted by Crippen LogP contribution is -2.30. The van der Waals surface area contributed by atoms with Crippen molar-refractivity contribution in [3.05, 3.63) is 60.2 Å². The highest BCUT2D eigenvalue weighted by atomic mass is 32.2. The molecule has 6 heteroatoms. The minimum atomic E-state index is -0.0961. The van der Waals surface area contributed by atoms with E-state index in [0.29, 0.717) is 12.8 Å². The third kappa shape index (κ3) is 4.82. The Morgan fingerprint density at radius 1 is 1.28 bits per heavy atom. The molecule has 0 aliphatic rings. The van der Waals surface area contributed by atoms with E-state index < -0.39 is 0 Å². The van der Waals surface area contributed by atoms with Crippen molar-refractivity contribution in [2.75, 3.05) is 12.0 Å². The van der Waals surface area contributed by atoms with Crippen LogP contribution in [0.5, 0.6) is 0 Å². The SMILES string of the molecule is CSCC[C@H](NC(=O)CCc1cccnc1)c1nc2ccccc2[nH]1. The van der Waals surface area contributed by atoms with Gasteiger partial charge in [0.05, 0.1) is 17.1 Å². The van der Waals surface area contributed by atoms with Crippen LogP contribution >= 0.6 is 11.8 Å². The number of carbonyl (C=O) groups is 1. The van der Waals surface area contributed by atoms with Gasteiger partial charge in [-0.05, 0) is 48.6 Å². The van der Waals surface area contributed by atoms with Gasteiger partial charge in [0.1, 0.15) is 5.82 Å². The molecule has 5 nitrogen and oxygen atoms in total. The van der Waals surface area contributed by atoms with Crippen LogP contribution in [0, 0.1) is 0 Å². The lowest BCUT2D eigenvalue weighted by Gasteiger charge is -2.16. The normalized spacial score (nSPS) is 12.2. The van der Waals surface area contributed by atoms with Gasteiger partial charge in [0.15, 0.2) is 0 Å². The van der Waals surface area contributed by atoms with Crippen LogP contribution in [0.4, 0.5) is 0 Å². The van der Waals surface area contributed by atoms with Crippen molar-refractivity contribution in [3.8, 4) is 0 Å². The third-order valence-corrected chi connectivity index (χ3v) is 4.69. The Balaban J connectivity index is 1.66. The molecular weight excluding hydrogens is 332 g/mol. The zero-order valence-corrected chi connectivity index (χ0v) is 15.1. The van der Waals surface area contributed by atoms with Crippen LogP contribution in [-0.2, 0) is 11.2 Å². The summed E-state index contributed by atoms with van der Waals surface area (Å²) in [6.07, 6.45) is 7.59. The molecule has 130 valence electrons. The number of fused-ring (bicyclic) bond motifs is 1. The number of aryl methyl sites for hydroxylation is 1. The van der Waals surface area contributed by atoms with Crippen LogP contribution in [0.1, 0.15) is 30.3 Å². The molecule has 2 aromatic heterocycles. The Labute approximate surface area is 151 Å². The second kappa shape index (κ2) is 8.67. The van der Waals surface area contributed by atoms with E-state index in [0.717, 1.165) is 34.6 Å². The molecule has 3 aromatic rings. The number of aromatic nitrogens is 3. The molecule has 0 saturated carbocycles. The van der Waals surface area contributed by atoms with E-state index in [1.54, 1.807) is 24.2 Å². The van der Waals surface area contributed by atoms with Crippen molar-refractivity contribution in [2.24, 2.45) is 0 Å². The fourth-order valence-corrected chi connectivity index (χ4v) is 3.19. The van der Waals surface area contributed by atoms with Gasteiger partial charge in [0.2, 0.25) is 5.91 Å². The largest absolute Gasteiger partial charge is 0.346 e. The Bertz CT molecular complexity index is 785. The van der Waals surface area contributed by atoms with E-state index in [4.69, 9.17) is 0 Å². The average molecular weight is 354 g/mol. The topological polar surface area (TPSA) is 70.7 Å². The van der Waals surface area contributed by atoms with E-state index in [-0.39, 0.29) is 11.9 Å². The first-order valence-electron chi connectivity index (χ1n) is 8.38. The fraction of sp³-hybridized carbons (Fsp3) is 0.316. The molecule has 0 bridgehead atoms. The maximum atomic E-state index is 12.4. The van der Waals surface area contributed by atoms with E-state index >= 15 is 0 Å². The van der Waals surface area contributed by atoms with Gasteiger partial charge in [0.25, 0.3) is 0 Å². The Hall–Kier alpha value is -2.34. The van der Waals surface area contributed by atoms with Gasteiger partial charge in [-0.3, -0.25) is 9.78 Å². The van der Waals surface area contributed by atoms with Crippen LogP contribution in [0.2, 0.25) is 0 Å². The van der Waals surface area contributed by atoms with Gasteiger partial charge in [-0.25, -0.2) is 4.98 Å². The highest BCUT2D eigenvalue weighted by molar-refractivity contribution is 7.98. The third-order valence-electron chi connectivity index (χ3n) is 4.05. The van der Waals surface area contributed by atoms with Crippen LogP contribution in [-0.4, -0.2) is 32.9 Å². The Morgan fingerprint density at radius 3 is 2.92 bits per heavy atom. The molecule has 1 atom stereocenters. The lowest BCUT2D eigenvalue weighted by molar-refractivity contribution is -0.121. The number of imidazole rings is 1. The van der Waals surface area contributed by atoms with Crippen molar-refractivity contribution in [1.29, 1.82) is 0 Å². The summed E-state index contributed by atoms with van der Waals surface area (Å²) in [5, 5.41) is 3.13. The number of benzene rings is 1. The maximum absolute atomic E-state index is 12.4. The number of hydrogen-bond acceptors (Lipinski definition) is 4. The molecule has 0 radical (unpaired) electrons. The second-order valence-electron chi connectivity index (χ2n) is 5.90. The van der Waals surface area contributed by atoms with Crippen LogP contribution in [0.15, 0.2) is 48.8 Å². The first-order valence-corrected chi connectivity index (χ1v) is 9.77. The summed E-state index contributed by atoms with van der Waals surface area (Å²) in [6, 6.07) is 11.7. The number of aromatic amines is 1. The quantitative estimate of drug-likeness (QED) is 0.649. The molecule has 3 rings (SSSR count). The maximum Gasteiger partial charge on any atom is 0.220 e. The molecule has 2 heterocycles. The van der Waals surface area contributed by atoms with E-state index in [9.17, 15) is 4.79 Å². The molecule has 0 spiro atoms. The predicted octanol–water partition coefficient (Wildman–Crippen LogP) is 3.50. The Kier molecular flexibility index (Phi) is 6.06. The number of nitrogens with zero attached hydrogens (tertiary/aromatic N) is 2. The first-order chi connectivity index (χ1) is 12.3. The van der Waals surface area contributed by atoms with E-state index in [1.165, 1.54) is 0 Å². The number of pyridine rings is 1. The number of rotatable bonds is 8. The Morgan fingerprint density at radius 2 is 2.16 bits per heavy atom. The van der Waals surface area contributed by atoms with Gasteiger partial charge in [-0.15, -0.1) is 0 Å². The number of nitrogens with one attached hydrogen (secondary N) is 2. The number of thioether (sulfide) groups is 1. The monoisotopic (exact) mass is 354 g/mol. The molecule has 25 heavy (non-hydrogen) atoms. The van der Waals surface area contributed by atoms with E-state index in [1.807, 2.05) is 36.4 Å².